The third-order valence-corrected chi connectivity index (χ3v) is 3.28. The molecule has 20 heavy (non-hydrogen) atoms. The number of pyridine rings is 1. The average molecular weight is 266 g/mol. The Labute approximate surface area is 116 Å². The predicted octanol–water partition coefficient (Wildman–Crippen LogP) is 2.91. The lowest BCUT2D eigenvalue weighted by Crippen LogP contribution is -1.99. The van der Waals surface area contributed by atoms with Gasteiger partial charge in [0.15, 0.2) is 6.29 Å². The van der Waals surface area contributed by atoms with Gasteiger partial charge in [0.05, 0.1) is 7.11 Å². The highest BCUT2D eigenvalue weighted by atomic mass is 16.5. The summed E-state index contributed by atoms with van der Waals surface area (Å²) < 4.78 is 7.21. The number of nitrogens with zero attached hydrogens (tertiary/aromatic N) is 2. The molecule has 4 nitrogen and oxygen atoms in total. The highest BCUT2D eigenvalue weighted by Crippen LogP contribution is 2.20. The van der Waals surface area contributed by atoms with Gasteiger partial charge < -0.3 is 9.30 Å². The highest BCUT2D eigenvalue weighted by Gasteiger charge is 2.09. The number of carbonyl (C=O) groups is 1. The van der Waals surface area contributed by atoms with Crippen LogP contribution in [0.3, 0.4) is 0 Å². The summed E-state index contributed by atoms with van der Waals surface area (Å²) in [4.78, 5) is 15.5. The molecule has 2 aromatic heterocycles. The SMILES string of the molecule is COc1cccc(Cn2cc(C=O)c3cccnc32)c1. The van der Waals surface area contributed by atoms with E-state index >= 15 is 0 Å². The van der Waals surface area contributed by atoms with E-state index in [1.54, 1.807) is 13.3 Å². The second kappa shape index (κ2) is 5.17. The third-order valence-electron chi connectivity index (χ3n) is 3.28. The molecule has 0 bridgehead atoms. The molecule has 2 heterocycles. The second-order valence-electron chi connectivity index (χ2n) is 4.56. The smallest absolute Gasteiger partial charge is 0.152 e. The molecule has 0 atom stereocenters. The van der Waals surface area contributed by atoms with Crippen molar-refractivity contribution in [2.45, 2.75) is 6.54 Å². The van der Waals surface area contributed by atoms with Crippen LogP contribution in [0.2, 0.25) is 0 Å². The Morgan fingerprint density at radius 3 is 3.00 bits per heavy atom. The van der Waals surface area contributed by atoms with Crippen LogP contribution in [-0.2, 0) is 6.54 Å². The Balaban J connectivity index is 2.04. The van der Waals surface area contributed by atoms with Gasteiger partial charge in [-0.25, -0.2) is 4.98 Å². The number of rotatable bonds is 4. The maximum absolute atomic E-state index is 11.1. The second-order valence-corrected chi connectivity index (χ2v) is 4.56. The van der Waals surface area contributed by atoms with E-state index in [4.69, 9.17) is 4.74 Å². The van der Waals surface area contributed by atoms with E-state index in [1.165, 1.54) is 0 Å². The van der Waals surface area contributed by atoms with E-state index in [1.807, 2.05) is 47.2 Å². The van der Waals surface area contributed by atoms with Crippen LogP contribution in [0.4, 0.5) is 0 Å². The van der Waals surface area contributed by atoms with Gasteiger partial charge in [-0.2, -0.15) is 0 Å². The standard InChI is InChI=1S/C16H14N2O2/c1-20-14-5-2-4-12(8-14)9-18-10-13(11-19)15-6-3-7-17-16(15)18/h2-8,10-11H,9H2,1H3. The van der Waals surface area contributed by atoms with Crippen molar-refractivity contribution in [3.05, 3.63) is 59.9 Å². The molecule has 0 saturated heterocycles. The predicted molar refractivity (Wildman–Crippen MR) is 77.2 cm³/mol. The van der Waals surface area contributed by atoms with E-state index in [2.05, 4.69) is 4.98 Å². The minimum Gasteiger partial charge on any atom is -0.497 e. The van der Waals surface area contributed by atoms with Crippen molar-refractivity contribution in [3.63, 3.8) is 0 Å². The van der Waals surface area contributed by atoms with Crippen molar-refractivity contribution in [1.82, 2.24) is 9.55 Å². The lowest BCUT2D eigenvalue weighted by atomic mass is 10.2. The summed E-state index contributed by atoms with van der Waals surface area (Å²) in [5.41, 5.74) is 2.58. The number of fused-ring (bicyclic) bond motifs is 1. The maximum atomic E-state index is 11.1. The van der Waals surface area contributed by atoms with Crippen LogP contribution in [0.1, 0.15) is 15.9 Å². The Bertz CT molecular complexity index is 762. The van der Waals surface area contributed by atoms with Gasteiger partial charge in [0.25, 0.3) is 0 Å². The molecule has 0 N–H and O–H groups in total. The van der Waals surface area contributed by atoms with Gasteiger partial charge in [-0.15, -0.1) is 0 Å². The third kappa shape index (κ3) is 2.16. The molecular formula is C16H14N2O2. The zero-order valence-corrected chi connectivity index (χ0v) is 11.1. The molecule has 0 amide bonds. The summed E-state index contributed by atoms with van der Waals surface area (Å²) in [5, 5.41) is 0.880. The van der Waals surface area contributed by atoms with Gasteiger partial charge in [-0.3, -0.25) is 4.79 Å². The summed E-state index contributed by atoms with van der Waals surface area (Å²) in [6.07, 6.45) is 4.44. The normalized spacial score (nSPS) is 10.7. The molecule has 3 aromatic rings. The van der Waals surface area contributed by atoms with E-state index in [-0.39, 0.29) is 0 Å². The summed E-state index contributed by atoms with van der Waals surface area (Å²) >= 11 is 0. The summed E-state index contributed by atoms with van der Waals surface area (Å²) in [7, 11) is 1.65. The Hall–Kier alpha value is -2.62. The number of aromatic nitrogens is 2. The quantitative estimate of drug-likeness (QED) is 0.682. The maximum Gasteiger partial charge on any atom is 0.152 e. The van der Waals surface area contributed by atoms with Crippen molar-refractivity contribution >= 4 is 17.3 Å². The van der Waals surface area contributed by atoms with Crippen LogP contribution in [0, 0.1) is 0 Å². The highest BCUT2D eigenvalue weighted by molar-refractivity contribution is 5.95. The monoisotopic (exact) mass is 266 g/mol. The molecule has 0 saturated carbocycles. The van der Waals surface area contributed by atoms with Crippen LogP contribution >= 0.6 is 0 Å². The fraction of sp³-hybridized carbons (Fsp3) is 0.125. The topological polar surface area (TPSA) is 44.1 Å². The van der Waals surface area contributed by atoms with Crippen molar-refractivity contribution in [1.29, 1.82) is 0 Å². The van der Waals surface area contributed by atoms with E-state index in [0.29, 0.717) is 12.1 Å². The summed E-state index contributed by atoms with van der Waals surface area (Å²) in [6.45, 7) is 0.651. The van der Waals surface area contributed by atoms with Crippen molar-refractivity contribution in [2.75, 3.05) is 7.11 Å². The minimum absolute atomic E-state index is 0.651. The first-order valence-electron chi connectivity index (χ1n) is 6.34. The van der Waals surface area contributed by atoms with Gasteiger partial charge >= 0.3 is 0 Å². The molecule has 0 fully saturated rings. The number of benzene rings is 1. The fourth-order valence-corrected chi connectivity index (χ4v) is 2.33. The molecule has 0 aliphatic carbocycles. The molecule has 0 spiro atoms. The molecule has 0 radical (unpaired) electrons. The molecule has 3 rings (SSSR count). The molecule has 0 unspecified atom stereocenters. The average Bonchev–Trinajstić information content (AvgIpc) is 2.86. The van der Waals surface area contributed by atoms with E-state index < -0.39 is 0 Å². The Kier molecular flexibility index (Phi) is 3.21. The fourth-order valence-electron chi connectivity index (χ4n) is 2.33. The van der Waals surface area contributed by atoms with Crippen LogP contribution in [0.15, 0.2) is 48.8 Å². The molecular weight excluding hydrogens is 252 g/mol. The first kappa shape index (κ1) is 12.4. The van der Waals surface area contributed by atoms with Gasteiger partial charge in [0.2, 0.25) is 0 Å². The first-order valence-corrected chi connectivity index (χ1v) is 6.34. The van der Waals surface area contributed by atoms with Crippen LogP contribution < -0.4 is 4.74 Å². The lowest BCUT2D eigenvalue weighted by Gasteiger charge is -2.06. The zero-order chi connectivity index (χ0) is 13.9. The lowest BCUT2D eigenvalue weighted by molar-refractivity contribution is 0.112. The Morgan fingerprint density at radius 2 is 2.20 bits per heavy atom. The molecule has 100 valence electrons. The van der Waals surface area contributed by atoms with Crippen molar-refractivity contribution in [2.24, 2.45) is 0 Å². The van der Waals surface area contributed by atoms with Gasteiger partial charge in [0.1, 0.15) is 11.4 Å². The van der Waals surface area contributed by atoms with Crippen LogP contribution in [0.5, 0.6) is 5.75 Å². The summed E-state index contributed by atoms with van der Waals surface area (Å²) in [5.74, 6) is 0.822. The van der Waals surface area contributed by atoms with Crippen molar-refractivity contribution in [3.8, 4) is 5.75 Å². The largest absolute Gasteiger partial charge is 0.497 e. The number of methoxy groups -OCH3 is 1. The molecule has 0 aliphatic rings. The molecule has 4 heteroatoms. The molecule has 0 aliphatic heterocycles. The zero-order valence-electron chi connectivity index (χ0n) is 11.1. The molecule has 1 aromatic carbocycles. The minimum atomic E-state index is 0.651. The number of aldehydes is 1. The first-order chi connectivity index (χ1) is 9.81. The van der Waals surface area contributed by atoms with E-state index in [0.717, 1.165) is 28.6 Å². The number of hydrogen-bond donors (Lipinski definition) is 0. The summed E-state index contributed by atoms with van der Waals surface area (Å²) in [6, 6.07) is 11.6. The van der Waals surface area contributed by atoms with Gasteiger partial charge in [0, 0.05) is 29.9 Å². The Morgan fingerprint density at radius 1 is 1.30 bits per heavy atom. The van der Waals surface area contributed by atoms with Crippen LogP contribution in [0.25, 0.3) is 11.0 Å². The van der Waals surface area contributed by atoms with Crippen LogP contribution in [-0.4, -0.2) is 22.9 Å². The van der Waals surface area contributed by atoms with Gasteiger partial charge in [-0.1, -0.05) is 12.1 Å². The number of carbonyl (C=O) groups excluding carboxylic acids is 1. The number of hydrogen-bond acceptors (Lipinski definition) is 3. The van der Waals surface area contributed by atoms with E-state index in [9.17, 15) is 4.79 Å². The van der Waals surface area contributed by atoms with Gasteiger partial charge in [-0.05, 0) is 29.8 Å². The van der Waals surface area contributed by atoms with Crippen molar-refractivity contribution < 1.29 is 9.53 Å². The number of ether oxygens (including phenoxy) is 1.